The summed E-state index contributed by atoms with van der Waals surface area (Å²) in [6, 6.07) is 19.4. The van der Waals surface area contributed by atoms with Crippen molar-refractivity contribution in [1.82, 2.24) is 14.5 Å². The van der Waals surface area contributed by atoms with Crippen LogP contribution in [0.5, 0.6) is 0 Å². The first-order chi connectivity index (χ1) is 15.2. The van der Waals surface area contributed by atoms with Gasteiger partial charge in [0.15, 0.2) is 0 Å². The number of carbonyl (C=O) groups is 1. The van der Waals surface area contributed by atoms with Gasteiger partial charge in [-0.25, -0.2) is 9.97 Å². The molecule has 2 aromatic carbocycles. The van der Waals surface area contributed by atoms with Crippen LogP contribution in [0.4, 0.5) is 5.69 Å². The maximum Gasteiger partial charge on any atom is 0.257 e. The Balaban J connectivity index is 1.42. The number of rotatable bonds is 5. The summed E-state index contributed by atoms with van der Waals surface area (Å²) in [5, 5.41) is 13.2. The Labute approximate surface area is 183 Å². The summed E-state index contributed by atoms with van der Waals surface area (Å²) >= 11 is 1.40. The highest BCUT2D eigenvalue weighted by Crippen LogP contribution is 2.40. The first-order valence-electron chi connectivity index (χ1n) is 10.0. The summed E-state index contributed by atoms with van der Waals surface area (Å²) in [4.78, 5) is 22.0. The van der Waals surface area contributed by atoms with Crippen molar-refractivity contribution in [2.75, 3.05) is 11.6 Å². The Bertz CT molecular complexity index is 1330. The minimum absolute atomic E-state index is 0.294. The number of para-hydroxylation sites is 2. The molecule has 0 radical (unpaired) electrons. The van der Waals surface area contributed by atoms with Crippen LogP contribution in [-0.4, -0.2) is 26.7 Å². The van der Waals surface area contributed by atoms with Gasteiger partial charge in [0.2, 0.25) is 0 Å². The van der Waals surface area contributed by atoms with Crippen molar-refractivity contribution in [3.63, 3.8) is 0 Å². The van der Waals surface area contributed by atoms with E-state index in [0.717, 1.165) is 35.3 Å². The summed E-state index contributed by atoms with van der Waals surface area (Å²) in [6.07, 6.45) is 5.83. The molecule has 0 bridgehead atoms. The van der Waals surface area contributed by atoms with Crippen LogP contribution in [0, 0.1) is 11.3 Å². The van der Waals surface area contributed by atoms with Gasteiger partial charge in [0.1, 0.15) is 17.4 Å². The minimum atomic E-state index is -0.294. The van der Waals surface area contributed by atoms with E-state index in [0.29, 0.717) is 27.8 Å². The standard InChI is InChI=1S/C24H19N5OS/c1-31-24-19(13-25)18(12-21(28-24)15-6-7-15)23(30)27-16-8-10-17(11-9-16)29-14-26-20-4-2-3-5-22(20)29/h2-5,8-12,14-15H,6-7H2,1H3,(H,27,30). The molecule has 5 rings (SSSR count). The van der Waals surface area contributed by atoms with E-state index in [-0.39, 0.29) is 5.91 Å². The molecule has 1 aliphatic rings. The number of aromatic nitrogens is 3. The monoisotopic (exact) mass is 425 g/mol. The van der Waals surface area contributed by atoms with Crippen LogP contribution in [0.3, 0.4) is 0 Å². The Kier molecular flexibility index (Phi) is 4.92. The summed E-state index contributed by atoms with van der Waals surface area (Å²) < 4.78 is 2.00. The molecule has 152 valence electrons. The fourth-order valence-corrected chi connectivity index (χ4v) is 4.19. The van der Waals surface area contributed by atoms with Gasteiger partial charge in [-0.15, -0.1) is 11.8 Å². The lowest BCUT2D eigenvalue weighted by Gasteiger charge is -2.12. The second-order valence-corrected chi connectivity index (χ2v) is 8.26. The van der Waals surface area contributed by atoms with Crippen molar-refractivity contribution >= 4 is 34.4 Å². The minimum Gasteiger partial charge on any atom is -0.322 e. The highest BCUT2D eigenvalue weighted by molar-refractivity contribution is 7.98. The van der Waals surface area contributed by atoms with E-state index < -0.39 is 0 Å². The van der Waals surface area contributed by atoms with Crippen LogP contribution in [0.15, 0.2) is 66.0 Å². The lowest BCUT2D eigenvalue weighted by molar-refractivity contribution is 0.102. The van der Waals surface area contributed by atoms with E-state index in [2.05, 4.69) is 21.4 Å². The van der Waals surface area contributed by atoms with E-state index in [1.54, 1.807) is 12.4 Å². The normalized spacial score (nSPS) is 13.2. The van der Waals surface area contributed by atoms with Crippen molar-refractivity contribution < 1.29 is 4.79 Å². The number of anilines is 1. The molecule has 0 atom stereocenters. The Hall–Kier alpha value is -3.63. The smallest absolute Gasteiger partial charge is 0.257 e. The van der Waals surface area contributed by atoms with Gasteiger partial charge in [-0.3, -0.25) is 9.36 Å². The first-order valence-corrected chi connectivity index (χ1v) is 11.2. The number of pyridine rings is 1. The molecule has 1 amide bonds. The second-order valence-electron chi connectivity index (χ2n) is 7.47. The zero-order valence-electron chi connectivity index (χ0n) is 16.9. The summed E-state index contributed by atoms with van der Waals surface area (Å²) in [7, 11) is 0. The van der Waals surface area contributed by atoms with Crippen molar-refractivity contribution in [2.24, 2.45) is 0 Å². The predicted octanol–water partition coefficient (Wildman–Crippen LogP) is 5.14. The van der Waals surface area contributed by atoms with Gasteiger partial charge >= 0.3 is 0 Å². The van der Waals surface area contributed by atoms with E-state index in [1.807, 2.05) is 59.4 Å². The molecule has 0 aliphatic heterocycles. The molecular weight excluding hydrogens is 406 g/mol. The number of benzene rings is 2. The highest BCUT2D eigenvalue weighted by atomic mass is 32.2. The molecule has 2 aromatic heterocycles. The lowest BCUT2D eigenvalue weighted by Crippen LogP contribution is -2.15. The number of nitrogens with zero attached hydrogens (tertiary/aromatic N) is 4. The topological polar surface area (TPSA) is 83.6 Å². The van der Waals surface area contributed by atoms with Gasteiger partial charge in [0, 0.05) is 23.0 Å². The van der Waals surface area contributed by atoms with Gasteiger partial charge in [-0.2, -0.15) is 5.26 Å². The summed E-state index contributed by atoms with van der Waals surface area (Å²) in [6.45, 7) is 0. The number of hydrogen-bond acceptors (Lipinski definition) is 5. The lowest BCUT2D eigenvalue weighted by atomic mass is 10.1. The third-order valence-electron chi connectivity index (χ3n) is 5.41. The van der Waals surface area contributed by atoms with Gasteiger partial charge in [0.25, 0.3) is 5.91 Å². The summed E-state index contributed by atoms with van der Waals surface area (Å²) in [5.41, 5.74) is 5.18. The van der Waals surface area contributed by atoms with Gasteiger partial charge in [0.05, 0.1) is 22.2 Å². The van der Waals surface area contributed by atoms with Crippen molar-refractivity contribution in [3.05, 3.63) is 77.7 Å². The van der Waals surface area contributed by atoms with Crippen LogP contribution in [0.2, 0.25) is 0 Å². The number of fused-ring (bicyclic) bond motifs is 1. The average Bonchev–Trinajstić information content (AvgIpc) is 3.57. The van der Waals surface area contributed by atoms with E-state index in [1.165, 1.54) is 11.8 Å². The van der Waals surface area contributed by atoms with Crippen LogP contribution >= 0.6 is 11.8 Å². The number of carbonyl (C=O) groups excluding carboxylic acids is 1. The van der Waals surface area contributed by atoms with Crippen LogP contribution in [0.25, 0.3) is 16.7 Å². The second kappa shape index (κ2) is 7.89. The first kappa shape index (κ1) is 19.3. The molecule has 2 heterocycles. The number of imidazole rings is 1. The van der Waals surface area contributed by atoms with Crippen molar-refractivity contribution in [3.8, 4) is 11.8 Å². The molecule has 1 N–H and O–H groups in total. The van der Waals surface area contributed by atoms with E-state index >= 15 is 0 Å². The Morgan fingerprint density at radius 2 is 1.97 bits per heavy atom. The van der Waals surface area contributed by atoms with E-state index in [9.17, 15) is 10.1 Å². The average molecular weight is 426 g/mol. The number of nitrogens with one attached hydrogen (secondary N) is 1. The van der Waals surface area contributed by atoms with E-state index in [4.69, 9.17) is 0 Å². The Morgan fingerprint density at radius 3 is 2.68 bits per heavy atom. The summed E-state index contributed by atoms with van der Waals surface area (Å²) in [5.74, 6) is 0.103. The zero-order valence-corrected chi connectivity index (χ0v) is 17.7. The number of amides is 1. The molecule has 7 heteroatoms. The number of hydrogen-bond donors (Lipinski definition) is 1. The fraction of sp³-hybridized carbons (Fsp3) is 0.167. The molecule has 1 fully saturated rings. The molecular formula is C24H19N5OS. The SMILES string of the molecule is CSc1nc(C2CC2)cc(C(=O)Nc2ccc(-n3cnc4ccccc43)cc2)c1C#N. The highest BCUT2D eigenvalue weighted by Gasteiger charge is 2.28. The Morgan fingerprint density at radius 1 is 1.19 bits per heavy atom. The largest absolute Gasteiger partial charge is 0.322 e. The van der Waals surface area contributed by atoms with Gasteiger partial charge in [-0.05, 0) is 61.6 Å². The molecule has 1 saturated carbocycles. The van der Waals surface area contributed by atoms with Crippen molar-refractivity contribution in [2.45, 2.75) is 23.8 Å². The maximum atomic E-state index is 13.0. The van der Waals surface area contributed by atoms with Crippen molar-refractivity contribution in [1.29, 1.82) is 5.26 Å². The van der Waals surface area contributed by atoms with Gasteiger partial charge in [-0.1, -0.05) is 12.1 Å². The fourth-order valence-electron chi connectivity index (χ4n) is 3.63. The number of nitriles is 1. The number of thioether (sulfide) groups is 1. The van der Waals surface area contributed by atoms with Crippen LogP contribution in [0.1, 0.15) is 40.4 Å². The third-order valence-corrected chi connectivity index (χ3v) is 6.09. The predicted molar refractivity (Wildman–Crippen MR) is 122 cm³/mol. The zero-order chi connectivity index (χ0) is 21.4. The van der Waals surface area contributed by atoms with Crippen LogP contribution in [-0.2, 0) is 0 Å². The van der Waals surface area contributed by atoms with Crippen LogP contribution < -0.4 is 5.32 Å². The van der Waals surface area contributed by atoms with Gasteiger partial charge < -0.3 is 5.32 Å². The third kappa shape index (κ3) is 3.66. The molecule has 31 heavy (non-hydrogen) atoms. The molecule has 1 aliphatic carbocycles. The molecule has 0 spiro atoms. The maximum absolute atomic E-state index is 13.0. The molecule has 0 saturated heterocycles. The quantitative estimate of drug-likeness (QED) is 0.448. The molecule has 0 unspecified atom stereocenters. The molecule has 4 aromatic rings. The molecule has 6 nitrogen and oxygen atoms in total.